The van der Waals surface area contributed by atoms with Crippen LogP contribution in [0.15, 0.2) is 25.0 Å². The molecule has 0 atom stereocenters. The highest BCUT2D eigenvalue weighted by Crippen LogP contribution is 1.97. The molecule has 1 N–H and O–H groups in total. The first-order chi connectivity index (χ1) is 5.38. The van der Waals surface area contributed by atoms with E-state index in [9.17, 15) is 0 Å². The second-order valence-electron chi connectivity index (χ2n) is 2.26. The van der Waals surface area contributed by atoms with E-state index in [2.05, 4.69) is 11.6 Å². The van der Waals surface area contributed by atoms with Crippen LogP contribution in [0.3, 0.4) is 0 Å². The van der Waals surface area contributed by atoms with Crippen LogP contribution in [0.5, 0.6) is 0 Å². The van der Waals surface area contributed by atoms with Crippen LogP contribution in [-0.2, 0) is 13.0 Å². The van der Waals surface area contributed by atoms with Crippen molar-refractivity contribution in [3.8, 4) is 0 Å². The first kappa shape index (κ1) is 8.01. The fourth-order valence-electron chi connectivity index (χ4n) is 0.974. The van der Waals surface area contributed by atoms with Crippen molar-refractivity contribution in [2.75, 3.05) is 6.61 Å². The average Bonchev–Trinajstić information content (AvgIpc) is 2.39. The number of rotatable bonds is 4. The number of hydrogen-bond acceptors (Lipinski definition) is 2. The lowest BCUT2D eigenvalue weighted by atomic mass is 10.4. The zero-order valence-electron chi connectivity index (χ0n) is 6.40. The molecular weight excluding hydrogens is 140 g/mol. The van der Waals surface area contributed by atoms with Crippen LogP contribution in [0.25, 0.3) is 0 Å². The van der Waals surface area contributed by atoms with Crippen LogP contribution < -0.4 is 0 Å². The zero-order chi connectivity index (χ0) is 8.10. The molecule has 0 radical (unpaired) electrons. The van der Waals surface area contributed by atoms with Crippen molar-refractivity contribution >= 4 is 0 Å². The van der Waals surface area contributed by atoms with Gasteiger partial charge in [-0.25, -0.2) is 4.98 Å². The fraction of sp³-hybridized carbons (Fsp3) is 0.375. The Morgan fingerprint density at radius 2 is 2.55 bits per heavy atom. The number of allylic oxidation sites excluding steroid dienone is 1. The molecule has 1 aromatic rings. The second-order valence-corrected chi connectivity index (χ2v) is 2.26. The quantitative estimate of drug-likeness (QED) is 0.642. The molecule has 0 amide bonds. The molecule has 0 aliphatic carbocycles. The predicted octanol–water partition coefficient (Wildman–Crippen LogP) is 0.604. The first-order valence-corrected chi connectivity index (χ1v) is 3.60. The first-order valence-electron chi connectivity index (χ1n) is 3.60. The van der Waals surface area contributed by atoms with Gasteiger partial charge in [-0.1, -0.05) is 6.08 Å². The van der Waals surface area contributed by atoms with E-state index in [-0.39, 0.29) is 6.61 Å². The number of nitrogens with zero attached hydrogens (tertiary/aromatic N) is 2. The maximum atomic E-state index is 8.65. The molecule has 0 saturated heterocycles. The molecule has 0 spiro atoms. The van der Waals surface area contributed by atoms with Crippen LogP contribution in [0.1, 0.15) is 5.82 Å². The molecule has 0 bridgehead atoms. The minimum atomic E-state index is 0.147. The van der Waals surface area contributed by atoms with Crippen molar-refractivity contribution in [2.24, 2.45) is 0 Å². The normalized spacial score (nSPS) is 9.91. The molecule has 60 valence electrons. The Morgan fingerprint density at radius 3 is 3.18 bits per heavy atom. The largest absolute Gasteiger partial charge is 0.396 e. The molecule has 1 aromatic heterocycles. The summed E-state index contributed by atoms with van der Waals surface area (Å²) in [5.41, 5.74) is 0. The molecule has 1 heterocycles. The van der Waals surface area contributed by atoms with Gasteiger partial charge in [-0.05, 0) is 0 Å². The van der Waals surface area contributed by atoms with Gasteiger partial charge >= 0.3 is 0 Å². The standard InChI is InChI=1S/C8H12N2O/c1-2-5-10-6-4-9-8(10)3-7-11/h2,4,6,11H,1,3,5,7H2. The molecule has 3 nitrogen and oxygen atoms in total. The Bertz CT molecular complexity index is 230. The topological polar surface area (TPSA) is 38.0 Å². The molecule has 0 unspecified atom stereocenters. The predicted molar refractivity (Wildman–Crippen MR) is 43.2 cm³/mol. The van der Waals surface area contributed by atoms with Crippen molar-refractivity contribution in [1.29, 1.82) is 0 Å². The summed E-state index contributed by atoms with van der Waals surface area (Å²) in [6, 6.07) is 0. The van der Waals surface area contributed by atoms with E-state index in [1.807, 2.05) is 16.8 Å². The van der Waals surface area contributed by atoms with Gasteiger partial charge in [0.25, 0.3) is 0 Å². The van der Waals surface area contributed by atoms with Gasteiger partial charge in [0.15, 0.2) is 0 Å². The average molecular weight is 152 g/mol. The summed E-state index contributed by atoms with van der Waals surface area (Å²) in [4.78, 5) is 4.08. The van der Waals surface area contributed by atoms with Gasteiger partial charge in [0.05, 0.1) is 6.61 Å². The maximum Gasteiger partial charge on any atom is 0.111 e. The summed E-state index contributed by atoms with van der Waals surface area (Å²) in [5, 5.41) is 8.65. The SMILES string of the molecule is C=CCn1ccnc1CCO. The highest BCUT2D eigenvalue weighted by molar-refractivity contribution is 4.94. The van der Waals surface area contributed by atoms with Crippen molar-refractivity contribution < 1.29 is 5.11 Å². The summed E-state index contributed by atoms with van der Waals surface area (Å²) in [5.74, 6) is 0.910. The van der Waals surface area contributed by atoms with E-state index < -0.39 is 0 Å². The smallest absolute Gasteiger partial charge is 0.111 e. The third kappa shape index (κ3) is 1.91. The van der Waals surface area contributed by atoms with Crippen LogP contribution in [0.4, 0.5) is 0 Å². The van der Waals surface area contributed by atoms with E-state index in [1.165, 1.54) is 0 Å². The molecule has 1 rings (SSSR count). The lowest BCUT2D eigenvalue weighted by Gasteiger charge is -2.01. The highest BCUT2D eigenvalue weighted by atomic mass is 16.3. The fourth-order valence-corrected chi connectivity index (χ4v) is 0.974. The van der Waals surface area contributed by atoms with Gasteiger partial charge in [-0.2, -0.15) is 0 Å². The Balaban J connectivity index is 2.69. The van der Waals surface area contributed by atoms with Crippen molar-refractivity contribution in [2.45, 2.75) is 13.0 Å². The van der Waals surface area contributed by atoms with Gasteiger partial charge in [0.2, 0.25) is 0 Å². The van der Waals surface area contributed by atoms with Gasteiger partial charge in [-0.15, -0.1) is 6.58 Å². The number of imidazole rings is 1. The molecule has 3 heteroatoms. The second kappa shape index (κ2) is 3.93. The van der Waals surface area contributed by atoms with E-state index in [0.717, 1.165) is 12.4 Å². The number of aliphatic hydroxyl groups is 1. The Morgan fingerprint density at radius 1 is 1.73 bits per heavy atom. The summed E-state index contributed by atoms with van der Waals surface area (Å²) < 4.78 is 1.96. The van der Waals surface area contributed by atoms with Crippen LogP contribution in [-0.4, -0.2) is 21.3 Å². The van der Waals surface area contributed by atoms with Gasteiger partial charge in [-0.3, -0.25) is 0 Å². The lowest BCUT2D eigenvalue weighted by molar-refractivity contribution is 0.295. The van der Waals surface area contributed by atoms with Crippen LogP contribution in [0, 0.1) is 0 Å². The van der Waals surface area contributed by atoms with Gasteiger partial charge in [0.1, 0.15) is 5.82 Å². The molecular formula is C8H12N2O. The third-order valence-corrected chi connectivity index (χ3v) is 1.46. The summed E-state index contributed by atoms with van der Waals surface area (Å²) in [7, 11) is 0. The molecule has 0 aliphatic rings. The number of aromatic nitrogens is 2. The summed E-state index contributed by atoms with van der Waals surface area (Å²) in [6.07, 6.45) is 6.03. The number of hydrogen-bond donors (Lipinski definition) is 1. The minimum Gasteiger partial charge on any atom is -0.396 e. The maximum absolute atomic E-state index is 8.65. The zero-order valence-corrected chi connectivity index (χ0v) is 6.40. The van der Waals surface area contributed by atoms with E-state index >= 15 is 0 Å². The van der Waals surface area contributed by atoms with Crippen LogP contribution >= 0.6 is 0 Å². The molecule has 11 heavy (non-hydrogen) atoms. The molecule has 0 fully saturated rings. The molecule has 0 aliphatic heterocycles. The number of aliphatic hydroxyl groups excluding tert-OH is 1. The van der Waals surface area contributed by atoms with Crippen molar-refractivity contribution in [1.82, 2.24) is 9.55 Å². The van der Waals surface area contributed by atoms with Gasteiger partial charge in [0, 0.05) is 25.4 Å². The summed E-state index contributed by atoms with van der Waals surface area (Å²) in [6.45, 7) is 4.53. The molecule has 0 saturated carbocycles. The highest BCUT2D eigenvalue weighted by Gasteiger charge is 1.98. The van der Waals surface area contributed by atoms with E-state index in [1.54, 1.807) is 6.20 Å². The minimum absolute atomic E-state index is 0.147. The van der Waals surface area contributed by atoms with E-state index in [4.69, 9.17) is 5.11 Å². The Labute approximate surface area is 66.0 Å². The molecule has 0 aromatic carbocycles. The third-order valence-electron chi connectivity index (χ3n) is 1.46. The lowest BCUT2D eigenvalue weighted by Crippen LogP contribution is -2.03. The van der Waals surface area contributed by atoms with Gasteiger partial charge < -0.3 is 9.67 Å². The van der Waals surface area contributed by atoms with Crippen molar-refractivity contribution in [3.63, 3.8) is 0 Å². The summed E-state index contributed by atoms with van der Waals surface area (Å²) >= 11 is 0. The Hall–Kier alpha value is -1.09. The Kier molecular flexibility index (Phi) is 2.86. The van der Waals surface area contributed by atoms with Crippen molar-refractivity contribution in [3.05, 3.63) is 30.9 Å². The monoisotopic (exact) mass is 152 g/mol. The van der Waals surface area contributed by atoms with Crippen LogP contribution in [0.2, 0.25) is 0 Å². The van der Waals surface area contributed by atoms with E-state index in [0.29, 0.717) is 6.42 Å².